The predicted octanol–water partition coefficient (Wildman–Crippen LogP) is 2.10. The third-order valence-electron chi connectivity index (χ3n) is 3.69. The summed E-state index contributed by atoms with van der Waals surface area (Å²) in [7, 11) is 0. The van der Waals surface area contributed by atoms with Crippen molar-refractivity contribution in [3.05, 3.63) is 40.2 Å². The van der Waals surface area contributed by atoms with Crippen LogP contribution in [-0.2, 0) is 11.2 Å². The number of nitrogens with one attached hydrogen (secondary N) is 1. The van der Waals surface area contributed by atoms with Crippen molar-refractivity contribution >= 4 is 23.1 Å². The zero-order chi connectivity index (χ0) is 14.7. The molecule has 5 nitrogen and oxygen atoms in total. The van der Waals surface area contributed by atoms with Gasteiger partial charge in [0.25, 0.3) is 0 Å². The molecule has 1 N–H and O–H groups in total. The lowest BCUT2D eigenvalue weighted by Crippen LogP contribution is -2.57. The Balaban J connectivity index is 1.41. The standard InChI is InChI=1S/C15H18N4OS/c1-11-6-8-21-13(11)4-5-15(20)19-9-12(10-19)17-14-3-2-7-16-18-14/h2-3,6-8,12H,4-5,9-10H2,1H3,(H,17,18). The van der Waals surface area contributed by atoms with Crippen LogP contribution < -0.4 is 5.32 Å². The summed E-state index contributed by atoms with van der Waals surface area (Å²) < 4.78 is 0. The van der Waals surface area contributed by atoms with Gasteiger partial charge in [0.2, 0.25) is 5.91 Å². The Labute approximate surface area is 128 Å². The highest BCUT2D eigenvalue weighted by Gasteiger charge is 2.30. The lowest BCUT2D eigenvalue weighted by atomic mass is 10.1. The van der Waals surface area contributed by atoms with Crippen molar-refractivity contribution in [1.29, 1.82) is 0 Å². The van der Waals surface area contributed by atoms with Gasteiger partial charge in [0, 0.05) is 30.6 Å². The Morgan fingerprint density at radius 1 is 1.48 bits per heavy atom. The first kappa shape index (κ1) is 14.0. The van der Waals surface area contributed by atoms with E-state index in [1.54, 1.807) is 17.5 Å². The average Bonchev–Trinajstić information content (AvgIpc) is 2.86. The number of thiophene rings is 1. The van der Waals surface area contributed by atoms with E-state index in [1.807, 2.05) is 17.0 Å². The van der Waals surface area contributed by atoms with E-state index in [0.29, 0.717) is 6.42 Å². The second-order valence-corrected chi connectivity index (χ2v) is 6.28. The Morgan fingerprint density at radius 2 is 2.33 bits per heavy atom. The molecule has 0 atom stereocenters. The Bertz CT molecular complexity index is 607. The number of likely N-dealkylation sites (tertiary alicyclic amines) is 1. The number of carbonyl (C=O) groups is 1. The number of aryl methyl sites for hydroxylation is 2. The summed E-state index contributed by atoms with van der Waals surface area (Å²) >= 11 is 1.73. The molecule has 1 aliphatic rings. The molecule has 0 aromatic carbocycles. The number of carbonyl (C=O) groups excluding carboxylic acids is 1. The molecular weight excluding hydrogens is 284 g/mol. The number of hydrogen-bond acceptors (Lipinski definition) is 5. The molecule has 0 bridgehead atoms. The molecule has 1 fully saturated rings. The molecule has 21 heavy (non-hydrogen) atoms. The molecule has 0 aliphatic carbocycles. The van der Waals surface area contributed by atoms with Gasteiger partial charge in [-0.05, 0) is 42.5 Å². The Hall–Kier alpha value is -1.95. The number of aromatic nitrogens is 2. The molecule has 0 spiro atoms. The van der Waals surface area contributed by atoms with Gasteiger partial charge in [-0.25, -0.2) is 0 Å². The molecular formula is C15H18N4OS. The van der Waals surface area contributed by atoms with Crippen LogP contribution in [0.5, 0.6) is 0 Å². The van der Waals surface area contributed by atoms with Gasteiger partial charge in [0.15, 0.2) is 0 Å². The van der Waals surface area contributed by atoms with E-state index in [-0.39, 0.29) is 11.9 Å². The summed E-state index contributed by atoms with van der Waals surface area (Å²) in [6, 6.07) is 6.13. The smallest absolute Gasteiger partial charge is 0.223 e. The summed E-state index contributed by atoms with van der Waals surface area (Å²) in [6.07, 6.45) is 3.09. The van der Waals surface area contributed by atoms with Crippen LogP contribution in [0.2, 0.25) is 0 Å². The molecule has 6 heteroatoms. The van der Waals surface area contributed by atoms with E-state index >= 15 is 0 Å². The van der Waals surface area contributed by atoms with Gasteiger partial charge < -0.3 is 10.2 Å². The van der Waals surface area contributed by atoms with Crippen LogP contribution in [0, 0.1) is 6.92 Å². The van der Waals surface area contributed by atoms with E-state index in [9.17, 15) is 4.79 Å². The fourth-order valence-corrected chi connectivity index (χ4v) is 3.31. The Kier molecular flexibility index (Phi) is 4.15. The minimum absolute atomic E-state index is 0.236. The molecule has 3 rings (SSSR count). The van der Waals surface area contributed by atoms with Crippen molar-refractivity contribution < 1.29 is 4.79 Å². The van der Waals surface area contributed by atoms with E-state index < -0.39 is 0 Å². The fourth-order valence-electron chi connectivity index (χ4n) is 2.40. The van der Waals surface area contributed by atoms with Gasteiger partial charge in [0.05, 0.1) is 6.04 Å². The van der Waals surface area contributed by atoms with Crippen LogP contribution in [-0.4, -0.2) is 40.1 Å². The minimum atomic E-state index is 0.236. The van der Waals surface area contributed by atoms with E-state index in [2.05, 4.69) is 33.9 Å². The molecule has 110 valence electrons. The number of anilines is 1. The summed E-state index contributed by atoms with van der Waals surface area (Å²) in [5.41, 5.74) is 1.29. The predicted molar refractivity (Wildman–Crippen MR) is 83.4 cm³/mol. The molecule has 0 saturated carbocycles. The molecule has 2 aromatic heterocycles. The number of hydrogen-bond donors (Lipinski definition) is 1. The first-order valence-electron chi connectivity index (χ1n) is 7.07. The van der Waals surface area contributed by atoms with Crippen molar-refractivity contribution in [2.75, 3.05) is 18.4 Å². The lowest BCUT2D eigenvalue weighted by Gasteiger charge is -2.39. The molecule has 2 aromatic rings. The first-order valence-corrected chi connectivity index (χ1v) is 7.95. The molecule has 3 heterocycles. The molecule has 0 unspecified atom stereocenters. The second-order valence-electron chi connectivity index (χ2n) is 5.28. The zero-order valence-corrected chi connectivity index (χ0v) is 12.8. The summed E-state index contributed by atoms with van der Waals surface area (Å²) in [6.45, 7) is 3.60. The first-order chi connectivity index (χ1) is 10.2. The van der Waals surface area contributed by atoms with Crippen LogP contribution in [0.15, 0.2) is 29.8 Å². The topological polar surface area (TPSA) is 58.1 Å². The maximum Gasteiger partial charge on any atom is 0.223 e. The van der Waals surface area contributed by atoms with E-state index in [4.69, 9.17) is 0 Å². The van der Waals surface area contributed by atoms with Crippen LogP contribution in [0.3, 0.4) is 0 Å². The van der Waals surface area contributed by atoms with Gasteiger partial charge in [-0.15, -0.1) is 16.4 Å². The highest BCUT2D eigenvalue weighted by molar-refractivity contribution is 7.10. The number of nitrogens with zero attached hydrogens (tertiary/aromatic N) is 3. The van der Waals surface area contributed by atoms with E-state index in [1.165, 1.54) is 10.4 Å². The molecule has 1 saturated heterocycles. The summed E-state index contributed by atoms with van der Waals surface area (Å²) in [5, 5.41) is 13.2. The van der Waals surface area contributed by atoms with Crippen molar-refractivity contribution in [2.45, 2.75) is 25.8 Å². The number of rotatable bonds is 5. The largest absolute Gasteiger partial charge is 0.362 e. The number of amides is 1. The average molecular weight is 302 g/mol. The lowest BCUT2D eigenvalue weighted by molar-refractivity contribution is -0.135. The third kappa shape index (κ3) is 3.39. The SMILES string of the molecule is Cc1ccsc1CCC(=O)N1CC(Nc2cccnn2)C1. The van der Waals surface area contributed by atoms with Gasteiger partial charge in [-0.3, -0.25) is 4.79 Å². The summed E-state index contributed by atoms with van der Waals surface area (Å²) in [4.78, 5) is 15.3. The Morgan fingerprint density at radius 3 is 3.00 bits per heavy atom. The van der Waals surface area contributed by atoms with E-state index in [0.717, 1.165) is 25.3 Å². The van der Waals surface area contributed by atoms with Crippen LogP contribution >= 0.6 is 11.3 Å². The van der Waals surface area contributed by atoms with Crippen LogP contribution in [0.1, 0.15) is 16.9 Å². The minimum Gasteiger partial charge on any atom is -0.362 e. The van der Waals surface area contributed by atoms with Gasteiger partial charge in [-0.1, -0.05) is 0 Å². The van der Waals surface area contributed by atoms with Crippen molar-refractivity contribution in [3.8, 4) is 0 Å². The van der Waals surface area contributed by atoms with Crippen LogP contribution in [0.25, 0.3) is 0 Å². The maximum atomic E-state index is 12.1. The molecule has 1 amide bonds. The normalized spacial score (nSPS) is 14.8. The van der Waals surface area contributed by atoms with Crippen molar-refractivity contribution in [1.82, 2.24) is 15.1 Å². The van der Waals surface area contributed by atoms with Crippen molar-refractivity contribution in [3.63, 3.8) is 0 Å². The van der Waals surface area contributed by atoms with Gasteiger partial charge >= 0.3 is 0 Å². The quantitative estimate of drug-likeness (QED) is 0.919. The third-order valence-corrected chi connectivity index (χ3v) is 4.78. The summed E-state index contributed by atoms with van der Waals surface area (Å²) in [5.74, 6) is 1.00. The highest BCUT2D eigenvalue weighted by Crippen LogP contribution is 2.19. The second kappa shape index (κ2) is 6.22. The molecule has 1 aliphatic heterocycles. The van der Waals surface area contributed by atoms with Crippen molar-refractivity contribution in [2.24, 2.45) is 0 Å². The maximum absolute atomic E-state index is 12.1. The highest BCUT2D eigenvalue weighted by atomic mass is 32.1. The van der Waals surface area contributed by atoms with Gasteiger partial charge in [0.1, 0.15) is 5.82 Å². The fraction of sp³-hybridized carbons (Fsp3) is 0.400. The molecule has 0 radical (unpaired) electrons. The zero-order valence-electron chi connectivity index (χ0n) is 12.0. The van der Waals surface area contributed by atoms with Crippen LogP contribution in [0.4, 0.5) is 5.82 Å². The monoisotopic (exact) mass is 302 g/mol. The van der Waals surface area contributed by atoms with Gasteiger partial charge in [-0.2, -0.15) is 5.10 Å².